The van der Waals surface area contributed by atoms with Crippen molar-refractivity contribution in [3.63, 3.8) is 0 Å². The third-order valence-electron chi connectivity index (χ3n) is 5.49. The van der Waals surface area contributed by atoms with Crippen LogP contribution in [0.3, 0.4) is 0 Å². The molecule has 0 saturated carbocycles. The molecule has 1 aliphatic heterocycles. The van der Waals surface area contributed by atoms with E-state index >= 15 is 0 Å². The fourth-order valence-corrected chi connectivity index (χ4v) is 3.92. The molecule has 3 N–H and O–H groups in total. The van der Waals surface area contributed by atoms with Gasteiger partial charge in [0.2, 0.25) is 5.91 Å². The second-order valence-corrected chi connectivity index (χ2v) is 7.52. The van der Waals surface area contributed by atoms with Crippen LogP contribution in [-0.2, 0) is 16.0 Å². The average molecular weight is 420 g/mol. The van der Waals surface area contributed by atoms with Gasteiger partial charge in [-0.1, -0.05) is 36.4 Å². The van der Waals surface area contributed by atoms with E-state index in [9.17, 15) is 14.4 Å². The summed E-state index contributed by atoms with van der Waals surface area (Å²) in [7, 11) is 1.56. The maximum Gasteiger partial charge on any atom is 0.325 e. The van der Waals surface area contributed by atoms with Gasteiger partial charge < -0.3 is 20.4 Å². The number of carbonyl (C=O) groups excluding carboxylic acids is 3. The molecule has 8 heteroatoms. The highest BCUT2D eigenvalue weighted by Gasteiger charge is 2.39. The lowest BCUT2D eigenvalue weighted by Crippen LogP contribution is -2.42. The van der Waals surface area contributed by atoms with Gasteiger partial charge in [0.25, 0.3) is 5.91 Å². The summed E-state index contributed by atoms with van der Waals surface area (Å²) in [6.07, 6.45) is 2.19. The summed E-state index contributed by atoms with van der Waals surface area (Å²) in [5, 5.41) is 6.52. The number of rotatable bonds is 7. The lowest BCUT2D eigenvalue weighted by molar-refractivity contribution is -0.132. The lowest BCUT2D eigenvalue weighted by atomic mass is 10.1. The van der Waals surface area contributed by atoms with E-state index in [-0.39, 0.29) is 12.6 Å². The number of carbonyl (C=O) groups is 3. The Morgan fingerprint density at radius 3 is 2.71 bits per heavy atom. The summed E-state index contributed by atoms with van der Waals surface area (Å²) < 4.78 is 5.33. The fourth-order valence-electron chi connectivity index (χ4n) is 3.92. The van der Waals surface area contributed by atoms with Crippen LogP contribution in [0.1, 0.15) is 24.1 Å². The van der Waals surface area contributed by atoms with E-state index in [0.717, 1.165) is 26.9 Å². The lowest BCUT2D eigenvalue weighted by Gasteiger charge is -2.19. The second-order valence-electron chi connectivity index (χ2n) is 7.52. The van der Waals surface area contributed by atoms with Crippen LogP contribution in [-0.4, -0.2) is 47.4 Å². The van der Waals surface area contributed by atoms with Gasteiger partial charge in [-0.25, -0.2) is 4.79 Å². The molecule has 8 nitrogen and oxygen atoms in total. The number of hydrogen-bond donors (Lipinski definition) is 3. The first-order valence-corrected chi connectivity index (χ1v) is 10.1. The molecule has 2 aromatic carbocycles. The van der Waals surface area contributed by atoms with Crippen LogP contribution in [0.4, 0.5) is 4.79 Å². The van der Waals surface area contributed by atoms with E-state index in [1.165, 1.54) is 0 Å². The summed E-state index contributed by atoms with van der Waals surface area (Å²) in [5.74, 6) is -0.172. The molecular weight excluding hydrogens is 396 g/mol. The molecule has 0 spiro atoms. The zero-order chi connectivity index (χ0) is 22.0. The molecule has 1 aromatic heterocycles. The van der Waals surface area contributed by atoms with Gasteiger partial charge >= 0.3 is 6.03 Å². The van der Waals surface area contributed by atoms with Crippen molar-refractivity contribution in [2.45, 2.75) is 25.4 Å². The SMILES string of the molecule is COc1ccccc1C(C)NC(=O)CN1C(=O)NC(Cc2c[nH]c3ccccc23)C1=O. The molecule has 160 valence electrons. The number of amides is 4. The van der Waals surface area contributed by atoms with Crippen LogP contribution in [0.2, 0.25) is 0 Å². The van der Waals surface area contributed by atoms with E-state index in [1.54, 1.807) is 7.11 Å². The smallest absolute Gasteiger partial charge is 0.325 e. The molecule has 1 aliphatic rings. The minimum atomic E-state index is -0.703. The van der Waals surface area contributed by atoms with Crippen LogP contribution in [0.15, 0.2) is 54.7 Å². The van der Waals surface area contributed by atoms with Crippen molar-refractivity contribution in [3.8, 4) is 5.75 Å². The summed E-state index contributed by atoms with van der Waals surface area (Å²) in [5.41, 5.74) is 2.72. The summed E-state index contributed by atoms with van der Waals surface area (Å²) in [6, 6.07) is 13.5. The summed E-state index contributed by atoms with van der Waals surface area (Å²) in [6.45, 7) is 1.48. The van der Waals surface area contributed by atoms with Crippen molar-refractivity contribution >= 4 is 28.7 Å². The zero-order valence-electron chi connectivity index (χ0n) is 17.3. The topological polar surface area (TPSA) is 104 Å². The highest BCUT2D eigenvalue weighted by Crippen LogP contribution is 2.24. The Bertz CT molecular complexity index is 1140. The molecule has 1 fully saturated rings. The number of ether oxygens (including phenoxy) is 1. The van der Waals surface area contributed by atoms with Crippen molar-refractivity contribution in [1.82, 2.24) is 20.5 Å². The van der Waals surface area contributed by atoms with Crippen molar-refractivity contribution in [1.29, 1.82) is 0 Å². The number of fused-ring (bicyclic) bond motifs is 1. The van der Waals surface area contributed by atoms with Gasteiger partial charge in [0.05, 0.1) is 13.2 Å². The van der Waals surface area contributed by atoms with E-state index in [1.807, 2.05) is 61.7 Å². The maximum atomic E-state index is 12.8. The highest BCUT2D eigenvalue weighted by atomic mass is 16.5. The molecular formula is C23H24N4O4. The van der Waals surface area contributed by atoms with Crippen LogP contribution < -0.4 is 15.4 Å². The van der Waals surface area contributed by atoms with Crippen LogP contribution in [0.25, 0.3) is 10.9 Å². The zero-order valence-corrected chi connectivity index (χ0v) is 17.3. The van der Waals surface area contributed by atoms with Crippen molar-refractivity contribution < 1.29 is 19.1 Å². The van der Waals surface area contributed by atoms with E-state index in [4.69, 9.17) is 4.74 Å². The molecule has 3 aromatic rings. The van der Waals surface area contributed by atoms with Gasteiger partial charge in [-0.15, -0.1) is 0 Å². The number of methoxy groups -OCH3 is 1. The molecule has 1 saturated heterocycles. The number of benzene rings is 2. The van der Waals surface area contributed by atoms with E-state index in [0.29, 0.717) is 12.2 Å². The number of aromatic nitrogens is 1. The first kappa shape index (κ1) is 20.5. The molecule has 2 unspecified atom stereocenters. The maximum absolute atomic E-state index is 12.8. The number of hydrogen-bond acceptors (Lipinski definition) is 4. The second kappa shape index (κ2) is 8.51. The largest absolute Gasteiger partial charge is 0.496 e. The van der Waals surface area contributed by atoms with Crippen molar-refractivity contribution in [2.24, 2.45) is 0 Å². The quantitative estimate of drug-likeness (QED) is 0.511. The van der Waals surface area contributed by atoms with Crippen molar-refractivity contribution in [3.05, 3.63) is 65.9 Å². The summed E-state index contributed by atoms with van der Waals surface area (Å²) >= 11 is 0. The van der Waals surface area contributed by atoms with Crippen LogP contribution in [0, 0.1) is 0 Å². The molecule has 2 heterocycles. The van der Waals surface area contributed by atoms with Gasteiger partial charge in [0.15, 0.2) is 0 Å². The molecule has 0 radical (unpaired) electrons. The number of urea groups is 1. The minimum Gasteiger partial charge on any atom is -0.496 e. The predicted octanol–water partition coefficient (Wildman–Crippen LogP) is 2.52. The third-order valence-corrected chi connectivity index (χ3v) is 5.49. The molecule has 2 atom stereocenters. The van der Waals surface area contributed by atoms with Crippen LogP contribution in [0.5, 0.6) is 5.75 Å². The van der Waals surface area contributed by atoms with E-state index < -0.39 is 23.9 Å². The normalized spacial score (nSPS) is 17.0. The van der Waals surface area contributed by atoms with Gasteiger partial charge in [0.1, 0.15) is 18.3 Å². The average Bonchev–Trinajstić information content (AvgIpc) is 3.30. The van der Waals surface area contributed by atoms with Crippen molar-refractivity contribution in [2.75, 3.05) is 13.7 Å². The fraction of sp³-hybridized carbons (Fsp3) is 0.261. The number of nitrogens with zero attached hydrogens (tertiary/aromatic N) is 1. The number of nitrogens with one attached hydrogen (secondary N) is 3. The van der Waals surface area contributed by atoms with Gasteiger partial charge in [-0.3, -0.25) is 14.5 Å². The van der Waals surface area contributed by atoms with E-state index in [2.05, 4.69) is 15.6 Å². The number of imide groups is 1. The Morgan fingerprint density at radius 1 is 1.16 bits per heavy atom. The third kappa shape index (κ3) is 4.09. The van der Waals surface area contributed by atoms with Crippen LogP contribution >= 0.6 is 0 Å². The monoisotopic (exact) mass is 420 g/mol. The Labute approximate surface area is 179 Å². The number of H-pyrrole nitrogens is 1. The summed E-state index contributed by atoms with van der Waals surface area (Å²) in [4.78, 5) is 41.8. The van der Waals surface area contributed by atoms with Gasteiger partial charge in [-0.05, 0) is 24.6 Å². The first-order chi connectivity index (χ1) is 15.0. The molecule has 4 rings (SSSR count). The molecule has 0 aliphatic carbocycles. The Hall–Kier alpha value is -3.81. The Kier molecular flexibility index (Phi) is 5.62. The van der Waals surface area contributed by atoms with Gasteiger partial charge in [-0.2, -0.15) is 0 Å². The minimum absolute atomic E-state index is 0.339. The standard InChI is InChI=1S/C23H24N4O4/c1-14(16-7-4-6-10-20(16)31-2)25-21(28)13-27-22(29)19(26-23(27)30)11-15-12-24-18-9-5-3-8-17(15)18/h3-10,12,14,19,24H,11,13H2,1-2H3,(H,25,28)(H,26,30). The molecule has 31 heavy (non-hydrogen) atoms. The predicted molar refractivity (Wildman–Crippen MR) is 116 cm³/mol. The highest BCUT2D eigenvalue weighted by molar-refractivity contribution is 6.06. The number of para-hydroxylation sites is 2. The molecule has 0 bridgehead atoms. The molecule has 4 amide bonds. The first-order valence-electron chi connectivity index (χ1n) is 10.1. The Balaban J connectivity index is 1.40. The number of aromatic amines is 1. The van der Waals surface area contributed by atoms with Gasteiger partial charge in [0, 0.05) is 29.1 Å². The Morgan fingerprint density at radius 2 is 1.90 bits per heavy atom.